The van der Waals surface area contributed by atoms with Crippen LogP contribution < -0.4 is 11.1 Å². The third-order valence-electron chi connectivity index (χ3n) is 2.87. The van der Waals surface area contributed by atoms with E-state index in [9.17, 15) is 9.18 Å². The van der Waals surface area contributed by atoms with Crippen molar-refractivity contribution in [3.63, 3.8) is 0 Å². The number of nitrogens with two attached hydrogens (primary N) is 1. The molecule has 0 saturated carbocycles. The monoisotopic (exact) mass is 276 g/mol. The van der Waals surface area contributed by atoms with E-state index >= 15 is 0 Å². The molecule has 0 saturated heterocycles. The highest BCUT2D eigenvalue weighted by molar-refractivity contribution is 5.92. The lowest BCUT2D eigenvalue weighted by Gasteiger charge is -2.13. The molecule has 3 N–H and O–H groups in total. The van der Waals surface area contributed by atoms with Crippen LogP contribution in [-0.4, -0.2) is 21.7 Å². The van der Waals surface area contributed by atoms with Crippen molar-refractivity contribution in [2.75, 3.05) is 0 Å². The predicted octanol–water partition coefficient (Wildman–Crippen LogP) is 1.61. The molecule has 0 bridgehead atoms. The zero-order valence-corrected chi connectivity index (χ0v) is 11.4. The number of nitrogens with one attached hydrogen (secondary N) is 1. The van der Waals surface area contributed by atoms with Crippen LogP contribution in [0, 0.1) is 5.82 Å². The van der Waals surface area contributed by atoms with Crippen molar-refractivity contribution in [2.24, 2.45) is 5.73 Å². The van der Waals surface area contributed by atoms with Gasteiger partial charge in [0.15, 0.2) is 0 Å². The summed E-state index contributed by atoms with van der Waals surface area (Å²) >= 11 is 0. The van der Waals surface area contributed by atoms with Gasteiger partial charge in [0.25, 0.3) is 5.91 Å². The number of nitrogens with zero attached hydrogens (tertiary/aromatic N) is 2. The van der Waals surface area contributed by atoms with Crippen LogP contribution in [0.4, 0.5) is 4.39 Å². The van der Waals surface area contributed by atoms with Gasteiger partial charge in [-0.05, 0) is 11.6 Å². The topological polar surface area (TPSA) is 72.9 Å². The minimum absolute atomic E-state index is 0.246. The van der Waals surface area contributed by atoms with E-state index in [1.807, 2.05) is 19.9 Å². The van der Waals surface area contributed by atoms with Crippen LogP contribution in [0.5, 0.6) is 0 Å². The highest BCUT2D eigenvalue weighted by atomic mass is 19.1. The Kier molecular flexibility index (Phi) is 4.14. The van der Waals surface area contributed by atoms with E-state index in [1.54, 1.807) is 6.07 Å². The fourth-order valence-electron chi connectivity index (χ4n) is 1.85. The number of amides is 1. The van der Waals surface area contributed by atoms with E-state index in [4.69, 9.17) is 5.73 Å². The highest BCUT2D eigenvalue weighted by Gasteiger charge is 2.13. The second kappa shape index (κ2) is 5.83. The summed E-state index contributed by atoms with van der Waals surface area (Å²) < 4.78 is 15.4. The number of para-hydroxylation sites is 1. The van der Waals surface area contributed by atoms with Crippen molar-refractivity contribution >= 4 is 5.91 Å². The summed E-state index contributed by atoms with van der Waals surface area (Å²) in [5.41, 5.74) is 6.52. The summed E-state index contributed by atoms with van der Waals surface area (Å²) in [6.07, 6.45) is 2.76. The van der Waals surface area contributed by atoms with Crippen molar-refractivity contribution < 1.29 is 9.18 Å². The van der Waals surface area contributed by atoms with Crippen LogP contribution in [0.15, 0.2) is 30.6 Å². The minimum atomic E-state index is -0.588. The third-order valence-corrected chi connectivity index (χ3v) is 2.87. The van der Waals surface area contributed by atoms with Crippen molar-refractivity contribution in [2.45, 2.75) is 26.4 Å². The summed E-state index contributed by atoms with van der Waals surface area (Å²) in [6, 6.07) is 5.11. The first-order valence-corrected chi connectivity index (χ1v) is 6.34. The summed E-state index contributed by atoms with van der Waals surface area (Å²) in [7, 11) is 0. The number of hydrogen-bond donors (Lipinski definition) is 2. The number of halogens is 1. The number of benzene rings is 1. The number of hydrogen-bond acceptors (Lipinski definition) is 3. The third kappa shape index (κ3) is 3.03. The van der Waals surface area contributed by atoms with Crippen molar-refractivity contribution in [3.05, 3.63) is 47.5 Å². The zero-order chi connectivity index (χ0) is 14.7. The molecule has 0 radical (unpaired) electrons. The zero-order valence-electron chi connectivity index (χ0n) is 11.4. The van der Waals surface area contributed by atoms with Crippen LogP contribution in [0.2, 0.25) is 0 Å². The molecule has 5 nitrogen and oxygen atoms in total. The molecular weight excluding hydrogens is 259 g/mol. The lowest BCUT2D eigenvalue weighted by atomic mass is 10.1. The Labute approximate surface area is 116 Å². The molecule has 0 unspecified atom stereocenters. The summed E-state index contributed by atoms with van der Waals surface area (Å²) in [5, 5.41) is 7.23. The maximum Gasteiger partial charge on any atom is 0.251 e. The molecule has 20 heavy (non-hydrogen) atoms. The standard InChI is InChI=1S/C14H17FN4O/c1-9(2)17-6-10-4-3-5-12(15)13(10)19-8-11(7-18-19)14(16)20/h3-5,7-9,17H,6H2,1-2H3,(H2,16,20). The largest absolute Gasteiger partial charge is 0.366 e. The molecule has 0 fully saturated rings. The van der Waals surface area contributed by atoms with E-state index in [0.29, 0.717) is 12.2 Å². The average molecular weight is 276 g/mol. The molecule has 2 rings (SSSR count). The molecular formula is C14H17FN4O. The van der Waals surface area contributed by atoms with Gasteiger partial charge in [0, 0.05) is 18.8 Å². The lowest BCUT2D eigenvalue weighted by molar-refractivity contribution is 0.100. The van der Waals surface area contributed by atoms with Gasteiger partial charge >= 0.3 is 0 Å². The van der Waals surface area contributed by atoms with E-state index in [2.05, 4.69) is 10.4 Å². The average Bonchev–Trinajstić information content (AvgIpc) is 2.85. The SMILES string of the molecule is CC(C)NCc1cccc(F)c1-n1cc(C(N)=O)cn1. The van der Waals surface area contributed by atoms with Gasteiger partial charge in [-0.2, -0.15) is 5.10 Å². The molecule has 1 amide bonds. The second-order valence-electron chi connectivity index (χ2n) is 4.82. The van der Waals surface area contributed by atoms with Gasteiger partial charge in [0.2, 0.25) is 0 Å². The van der Waals surface area contributed by atoms with E-state index in [-0.39, 0.29) is 11.6 Å². The minimum Gasteiger partial charge on any atom is -0.366 e. The fraction of sp³-hybridized carbons (Fsp3) is 0.286. The van der Waals surface area contributed by atoms with Crippen molar-refractivity contribution in [3.8, 4) is 5.69 Å². The quantitative estimate of drug-likeness (QED) is 0.871. The molecule has 106 valence electrons. The van der Waals surface area contributed by atoms with E-state index in [0.717, 1.165) is 5.56 Å². The maximum atomic E-state index is 14.1. The van der Waals surface area contributed by atoms with Crippen LogP contribution in [0.25, 0.3) is 5.69 Å². The Bertz CT molecular complexity index is 621. The highest BCUT2D eigenvalue weighted by Crippen LogP contribution is 2.18. The smallest absolute Gasteiger partial charge is 0.251 e. The molecule has 0 aliphatic carbocycles. The van der Waals surface area contributed by atoms with Gasteiger partial charge < -0.3 is 11.1 Å². The van der Waals surface area contributed by atoms with Gasteiger partial charge in [0.05, 0.1) is 11.8 Å². The van der Waals surface area contributed by atoms with Crippen LogP contribution in [0.3, 0.4) is 0 Å². The number of rotatable bonds is 5. The first kappa shape index (κ1) is 14.2. The molecule has 0 aliphatic heterocycles. The molecule has 1 aromatic carbocycles. The first-order valence-electron chi connectivity index (χ1n) is 6.34. The second-order valence-corrected chi connectivity index (χ2v) is 4.82. The summed E-state index contributed by atoms with van der Waals surface area (Å²) in [5.74, 6) is -0.985. The van der Waals surface area contributed by atoms with Crippen LogP contribution >= 0.6 is 0 Å². The Morgan fingerprint density at radius 2 is 2.25 bits per heavy atom. The molecule has 1 heterocycles. The van der Waals surface area contributed by atoms with Crippen LogP contribution in [-0.2, 0) is 6.54 Å². The Morgan fingerprint density at radius 1 is 1.50 bits per heavy atom. The van der Waals surface area contributed by atoms with Crippen molar-refractivity contribution in [1.82, 2.24) is 15.1 Å². The molecule has 1 aromatic heterocycles. The van der Waals surface area contributed by atoms with Gasteiger partial charge in [-0.1, -0.05) is 26.0 Å². The summed E-state index contributed by atoms with van der Waals surface area (Å²) in [6.45, 7) is 4.53. The van der Waals surface area contributed by atoms with Gasteiger partial charge in [-0.25, -0.2) is 9.07 Å². The molecule has 2 aromatic rings. The molecule has 0 aliphatic rings. The van der Waals surface area contributed by atoms with Crippen molar-refractivity contribution in [1.29, 1.82) is 0 Å². The number of carbonyl (C=O) groups excluding carboxylic acids is 1. The van der Waals surface area contributed by atoms with E-state index < -0.39 is 11.7 Å². The van der Waals surface area contributed by atoms with E-state index in [1.165, 1.54) is 23.1 Å². The Hall–Kier alpha value is -2.21. The van der Waals surface area contributed by atoms with Gasteiger partial charge in [-0.3, -0.25) is 4.79 Å². The number of carbonyl (C=O) groups is 1. The molecule has 0 atom stereocenters. The lowest BCUT2D eigenvalue weighted by Crippen LogP contribution is -2.23. The molecule has 0 spiro atoms. The van der Waals surface area contributed by atoms with Crippen LogP contribution in [0.1, 0.15) is 29.8 Å². The maximum absolute atomic E-state index is 14.1. The number of aromatic nitrogens is 2. The first-order chi connectivity index (χ1) is 9.49. The molecule has 6 heteroatoms. The van der Waals surface area contributed by atoms with Gasteiger partial charge in [0.1, 0.15) is 11.5 Å². The van der Waals surface area contributed by atoms with Gasteiger partial charge in [-0.15, -0.1) is 0 Å². The Morgan fingerprint density at radius 3 is 2.85 bits per heavy atom. The number of primary amides is 1. The Balaban J connectivity index is 2.40. The fourth-order valence-corrected chi connectivity index (χ4v) is 1.85. The predicted molar refractivity (Wildman–Crippen MR) is 74.0 cm³/mol. The normalized spacial score (nSPS) is 11.0. The summed E-state index contributed by atoms with van der Waals surface area (Å²) in [4.78, 5) is 11.1.